The van der Waals surface area contributed by atoms with E-state index in [1.165, 1.54) is 86.2 Å². The molecule has 2 saturated heterocycles. The van der Waals surface area contributed by atoms with Gasteiger partial charge in [0.05, 0.1) is 42.7 Å². The first kappa shape index (κ1) is 53.1. The van der Waals surface area contributed by atoms with Crippen LogP contribution in [0.25, 0.3) is 12.2 Å². The fourth-order valence-corrected chi connectivity index (χ4v) is 9.36. The minimum Gasteiger partial charge on any atom is -0.493 e. The highest BCUT2D eigenvalue weighted by molar-refractivity contribution is 5.96. The molecule has 2 heterocycles. The standard InChI is InChI=1S/C29H36F2N2O4.C25H30F2N2O4/c1-19(13-20-10-11-22(30)16-25(20)31)17-32(18-24-9-6-12-33(24)23-7-5-8-23)29(34)21-14-26(35-2)28(37-4)27(15-21)36-3;1-16(10-17-7-8-19(26)13-21(17)27)14-29(15-20-6-5-9-28-20)25(30)18-11-22(31-2)24(33-4)23(12-18)32-3/h10-11,13-16,23-24H,5-9,12,17-18H2,1-4H3;7-8,10-13,20,28H,5-6,9,14-15H2,1-4H3/b19-13+;16-10+. The summed E-state index contributed by atoms with van der Waals surface area (Å²) in [6.45, 7) is 7.28. The molecule has 0 bridgehead atoms. The second kappa shape index (κ2) is 25.0. The summed E-state index contributed by atoms with van der Waals surface area (Å²) in [7, 11) is 9.05. The molecule has 378 valence electrons. The molecule has 1 aliphatic carbocycles. The van der Waals surface area contributed by atoms with Crippen LogP contribution in [0.3, 0.4) is 0 Å². The summed E-state index contributed by atoms with van der Waals surface area (Å²) in [5, 5.41) is 3.41. The Labute approximate surface area is 409 Å². The van der Waals surface area contributed by atoms with Gasteiger partial charge < -0.3 is 43.5 Å². The third kappa shape index (κ3) is 13.3. The number of carbonyl (C=O) groups excluding carboxylic acids is 2. The Kier molecular flexibility index (Phi) is 19.0. The van der Waals surface area contributed by atoms with Crippen LogP contribution in [0.5, 0.6) is 34.5 Å². The maximum absolute atomic E-state index is 14.3. The third-order valence-corrected chi connectivity index (χ3v) is 13.0. The van der Waals surface area contributed by atoms with Gasteiger partial charge in [-0.3, -0.25) is 14.5 Å². The number of benzene rings is 4. The van der Waals surface area contributed by atoms with Gasteiger partial charge in [0, 0.05) is 78.7 Å². The van der Waals surface area contributed by atoms with Crippen molar-refractivity contribution in [3.8, 4) is 34.5 Å². The van der Waals surface area contributed by atoms with E-state index in [0.717, 1.165) is 62.1 Å². The Hall–Kier alpha value is -6.26. The Morgan fingerprint density at radius 2 is 1.06 bits per heavy atom. The van der Waals surface area contributed by atoms with Gasteiger partial charge in [0.15, 0.2) is 23.0 Å². The summed E-state index contributed by atoms with van der Waals surface area (Å²) in [6, 6.07) is 14.6. The summed E-state index contributed by atoms with van der Waals surface area (Å²) < 4.78 is 87.6. The van der Waals surface area contributed by atoms with Gasteiger partial charge in [0.25, 0.3) is 11.8 Å². The number of likely N-dealkylation sites (tertiary alicyclic amines) is 1. The van der Waals surface area contributed by atoms with E-state index in [4.69, 9.17) is 28.4 Å². The molecule has 70 heavy (non-hydrogen) atoms. The number of amides is 2. The molecule has 1 N–H and O–H groups in total. The number of carbonyl (C=O) groups is 2. The molecule has 2 atom stereocenters. The van der Waals surface area contributed by atoms with E-state index in [9.17, 15) is 27.2 Å². The molecule has 16 heteroatoms. The van der Waals surface area contributed by atoms with Gasteiger partial charge in [0.1, 0.15) is 23.3 Å². The van der Waals surface area contributed by atoms with Crippen molar-refractivity contribution in [3.63, 3.8) is 0 Å². The van der Waals surface area contributed by atoms with E-state index in [1.807, 2.05) is 18.7 Å². The van der Waals surface area contributed by atoms with Crippen molar-refractivity contribution in [2.24, 2.45) is 0 Å². The molecule has 2 unspecified atom stereocenters. The summed E-state index contributed by atoms with van der Waals surface area (Å²) in [6.07, 6.45) is 11.1. The highest BCUT2D eigenvalue weighted by Gasteiger charge is 2.36. The lowest BCUT2D eigenvalue weighted by Crippen LogP contribution is -2.49. The SMILES string of the molecule is COc1cc(C(=O)N(C/C(C)=C/c2ccc(F)cc2F)CC2CCCN2)cc(OC)c1OC.COc1cc(C(=O)N(C/C(C)=C/c2ccc(F)cc2F)CC2CCCN2C2CCC2)cc(OC)c1OC. The van der Waals surface area contributed by atoms with Crippen LogP contribution in [-0.2, 0) is 0 Å². The van der Waals surface area contributed by atoms with E-state index in [-0.39, 0.29) is 41.6 Å². The molecule has 4 aromatic carbocycles. The van der Waals surface area contributed by atoms with Gasteiger partial charge >= 0.3 is 0 Å². The van der Waals surface area contributed by atoms with Crippen molar-refractivity contribution in [2.75, 3.05) is 81.9 Å². The summed E-state index contributed by atoms with van der Waals surface area (Å²) in [4.78, 5) is 33.6. The van der Waals surface area contributed by atoms with Crippen LogP contribution in [0.2, 0.25) is 0 Å². The van der Waals surface area contributed by atoms with E-state index in [2.05, 4.69) is 10.2 Å². The third-order valence-electron chi connectivity index (χ3n) is 13.0. The number of ether oxygens (including phenoxy) is 6. The fourth-order valence-electron chi connectivity index (χ4n) is 9.36. The van der Waals surface area contributed by atoms with Gasteiger partial charge in [-0.1, -0.05) is 29.7 Å². The number of nitrogens with one attached hydrogen (secondary N) is 1. The van der Waals surface area contributed by atoms with Crippen molar-refractivity contribution in [3.05, 3.63) is 117 Å². The first-order valence-corrected chi connectivity index (χ1v) is 23.6. The largest absolute Gasteiger partial charge is 0.493 e. The van der Waals surface area contributed by atoms with E-state index >= 15 is 0 Å². The Balaban J connectivity index is 0.000000231. The highest BCUT2D eigenvalue weighted by Crippen LogP contribution is 2.40. The van der Waals surface area contributed by atoms with Crippen molar-refractivity contribution < 1.29 is 55.6 Å². The number of halogens is 4. The average molecular weight is 975 g/mol. The lowest BCUT2D eigenvalue weighted by Gasteiger charge is -2.40. The van der Waals surface area contributed by atoms with Crippen LogP contribution in [0, 0.1) is 23.3 Å². The maximum atomic E-state index is 14.3. The molecular weight excluding hydrogens is 909 g/mol. The summed E-state index contributed by atoms with van der Waals surface area (Å²) >= 11 is 0. The van der Waals surface area contributed by atoms with Crippen molar-refractivity contribution in [1.82, 2.24) is 20.0 Å². The van der Waals surface area contributed by atoms with Gasteiger partial charge in [0.2, 0.25) is 11.5 Å². The predicted molar refractivity (Wildman–Crippen MR) is 262 cm³/mol. The van der Waals surface area contributed by atoms with Crippen LogP contribution in [0.1, 0.15) is 90.6 Å². The lowest BCUT2D eigenvalue weighted by molar-refractivity contribution is 0.0630. The minimum absolute atomic E-state index is 0.173. The zero-order valence-corrected chi connectivity index (χ0v) is 41.5. The topological polar surface area (TPSA) is 111 Å². The second-order valence-corrected chi connectivity index (χ2v) is 17.9. The predicted octanol–water partition coefficient (Wildman–Crippen LogP) is 9.84. The molecule has 4 aromatic rings. The van der Waals surface area contributed by atoms with Crippen molar-refractivity contribution in [2.45, 2.75) is 76.9 Å². The Bertz CT molecular complexity index is 2460. The van der Waals surface area contributed by atoms with E-state index in [0.29, 0.717) is 71.3 Å². The zero-order valence-electron chi connectivity index (χ0n) is 41.5. The quantitative estimate of drug-likeness (QED) is 0.0913. The van der Waals surface area contributed by atoms with Crippen LogP contribution in [0.4, 0.5) is 17.6 Å². The molecule has 3 fully saturated rings. The number of rotatable bonds is 19. The number of hydrogen-bond donors (Lipinski definition) is 1. The molecule has 0 radical (unpaired) electrons. The van der Waals surface area contributed by atoms with E-state index in [1.54, 1.807) is 41.3 Å². The molecule has 7 rings (SSSR count). The molecule has 0 aromatic heterocycles. The van der Waals surface area contributed by atoms with E-state index < -0.39 is 23.3 Å². The molecule has 1 saturated carbocycles. The monoisotopic (exact) mass is 974 g/mol. The maximum Gasteiger partial charge on any atom is 0.254 e. The second-order valence-electron chi connectivity index (χ2n) is 17.9. The molecule has 12 nitrogen and oxygen atoms in total. The molecule has 3 aliphatic rings. The molecule has 2 amide bonds. The first-order valence-electron chi connectivity index (χ1n) is 23.6. The van der Waals surface area contributed by atoms with Crippen LogP contribution >= 0.6 is 0 Å². The summed E-state index contributed by atoms with van der Waals surface area (Å²) in [5.41, 5.74) is 2.93. The Morgan fingerprint density at radius 1 is 0.600 bits per heavy atom. The van der Waals surface area contributed by atoms with Crippen LogP contribution in [-0.4, -0.2) is 127 Å². The normalized spacial score (nSPS) is 17.3. The van der Waals surface area contributed by atoms with Crippen LogP contribution in [0.15, 0.2) is 71.8 Å². The molecule has 0 spiro atoms. The highest BCUT2D eigenvalue weighted by atomic mass is 19.1. The number of nitrogens with zero attached hydrogens (tertiary/aromatic N) is 3. The lowest BCUT2D eigenvalue weighted by atomic mass is 9.91. The van der Waals surface area contributed by atoms with Gasteiger partial charge in [-0.05, 0) is 114 Å². The minimum atomic E-state index is -0.644. The molecule has 2 aliphatic heterocycles. The van der Waals surface area contributed by atoms with Crippen LogP contribution < -0.4 is 33.7 Å². The first-order chi connectivity index (χ1) is 33.7. The van der Waals surface area contributed by atoms with Crippen molar-refractivity contribution >= 4 is 24.0 Å². The summed E-state index contributed by atoms with van der Waals surface area (Å²) in [5.74, 6) is -0.500. The average Bonchev–Trinajstić information content (AvgIpc) is 4.03. The fraction of sp³-hybridized carbons (Fsp3) is 0.444. The molecular formula is C54H66F4N4O8. The Morgan fingerprint density at radius 3 is 1.43 bits per heavy atom. The zero-order chi connectivity index (χ0) is 50.5. The smallest absolute Gasteiger partial charge is 0.254 e. The van der Waals surface area contributed by atoms with Gasteiger partial charge in [-0.25, -0.2) is 17.6 Å². The van der Waals surface area contributed by atoms with Crippen molar-refractivity contribution in [1.29, 1.82) is 0 Å². The number of hydrogen-bond acceptors (Lipinski definition) is 10. The number of methoxy groups -OCH3 is 6. The van der Waals surface area contributed by atoms with Gasteiger partial charge in [-0.2, -0.15) is 0 Å². The van der Waals surface area contributed by atoms with Gasteiger partial charge in [-0.15, -0.1) is 0 Å².